The summed E-state index contributed by atoms with van der Waals surface area (Å²) in [5, 5.41) is 21.2. The minimum Gasteiger partial charge on any atom is -0.423 e. The van der Waals surface area contributed by atoms with Crippen molar-refractivity contribution in [2.45, 2.75) is 0 Å². The lowest BCUT2D eigenvalue weighted by Crippen LogP contribution is -2.29. The minimum atomic E-state index is -1.53. The molecule has 0 aliphatic rings. The summed E-state index contributed by atoms with van der Waals surface area (Å²) < 4.78 is 2.06. The van der Waals surface area contributed by atoms with Crippen LogP contribution in [0.1, 0.15) is 0 Å². The van der Waals surface area contributed by atoms with Gasteiger partial charge in [-0.1, -0.05) is 91.0 Å². The van der Waals surface area contributed by atoms with Crippen molar-refractivity contribution in [2.24, 2.45) is 0 Å². The fourth-order valence-corrected chi connectivity index (χ4v) is 4.25. The van der Waals surface area contributed by atoms with Crippen LogP contribution in [-0.4, -0.2) is 36.7 Å². The highest BCUT2D eigenvalue weighted by Gasteiger charge is 2.18. The lowest BCUT2D eigenvalue weighted by molar-refractivity contribution is 0.426. The molecule has 2 aromatic heterocycles. The predicted octanol–water partition coefficient (Wildman–Crippen LogP) is 3.98. The van der Waals surface area contributed by atoms with Gasteiger partial charge in [-0.15, -0.1) is 0 Å². The lowest BCUT2D eigenvalue weighted by Gasteiger charge is -2.11. The molecular formula is C27H19BN4O2. The van der Waals surface area contributed by atoms with Crippen LogP contribution in [0, 0.1) is 0 Å². The summed E-state index contributed by atoms with van der Waals surface area (Å²) in [5.41, 5.74) is 4.07. The van der Waals surface area contributed by atoms with Gasteiger partial charge in [-0.3, -0.25) is 4.57 Å². The van der Waals surface area contributed by atoms with E-state index in [0.29, 0.717) is 23.1 Å². The molecule has 0 radical (unpaired) electrons. The van der Waals surface area contributed by atoms with Crippen molar-refractivity contribution in [3.05, 3.63) is 103 Å². The first-order valence-electron chi connectivity index (χ1n) is 11.0. The smallest absolute Gasteiger partial charge is 0.423 e. The van der Waals surface area contributed by atoms with Crippen LogP contribution in [0.15, 0.2) is 103 Å². The van der Waals surface area contributed by atoms with Crippen molar-refractivity contribution in [3.63, 3.8) is 0 Å². The third kappa shape index (κ3) is 3.44. The number of rotatable bonds is 4. The van der Waals surface area contributed by atoms with Crippen LogP contribution in [0.2, 0.25) is 0 Å². The Bertz CT molecular complexity index is 1580. The van der Waals surface area contributed by atoms with Gasteiger partial charge in [0.05, 0.1) is 11.0 Å². The monoisotopic (exact) mass is 442 g/mol. The Morgan fingerprint density at radius 1 is 0.529 bits per heavy atom. The number of hydrogen-bond acceptors (Lipinski definition) is 5. The number of hydrogen-bond donors (Lipinski definition) is 2. The summed E-state index contributed by atoms with van der Waals surface area (Å²) in [5.74, 6) is 1.59. The highest BCUT2D eigenvalue weighted by Crippen LogP contribution is 2.31. The van der Waals surface area contributed by atoms with Gasteiger partial charge in [-0.05, 0) is 17.6 Å². The van der Waals surface area contributed by atoms with Crippen LogP contribution >= 0.6 is 0 Å². The van der Waals surface area contributed by atoms with Crippen LogP contribution in [0.3, 0.4) is 0 Å². The largest absolute Gasteiger partial charge is 0.488 e. The van der Waals surface area contributed by atoms with Gasteiger partial charge in [0, 0.05) is 21.9 Å². The fourth-order valence-electron chi connectivity index (χ4n) is 4.25. The van der Waals surface area contributed by atoms with E-state index in [1.165, 1.54) is 0 Å². The van der Waals surface area contributed by atoms with Gasteiger partial charge < -0.3 is 10.0 Å². The van der Waals surface area contributed by atoms with Crippen molar-refractivity contribution in [3.8, 4) is 28.7 Å². The molecule has 2 N–H and O–H groups in total. The number of fused-ring (bicyclic) bond motifs is 3. The summed E-state index contributed by atoms with van der Waals surface area (Å²) in [6.45, 7) is 0. The van der Waals surface area contributed by atoms with E-state index < -0.39 is 7.12 Å². The molecule has 162 valence electrons. The summed E-state index contributed by atoms with van der Waals surface area (Å²) >= 11 is 0. The Hall–Kier alpha value is -4.33. The fraction of sp³-hybridized carbons (Fsp3) is 0. The molecule has 0 fully saturated rings. The van der Waals surface area contributed by atoms with Gasteiger partial charge in [-0.25, -0.2) is 4.98 Å². The molecule has 4 aromatic carbocycles. The molecular weight excluding hydrogens is 423 g/mol. The zero-order valence-electron chi connectivity index (χ0n) is 18.1. The van der Waals surface area contributed by atoms with Gasteiger partial charge in [0.25, 0.3) is 0 Å². The maximum atomic E-state index is 9.46. The average Bonchev–Trinajstić information content (AvgIpc) is 3.23. The van der Waals surface area contributed by atoms with Crippen molar-refractivity contribution in [2.75, 3.05) is 0 Å². The molecule has 0 saturated carbocycles. The molecule has 2 heterocycles. The summed E-state index contributed by atoms with van der Waals surface area (Å²) in [6.07, 6.45) is 0. The predicted molar refractivity (Wildman–Crippen MR) is 135 cm³/mol. The second-order valence-electron chi connectivity index (χ2n) is 8.01. The molecule has 6 rings (SSSR count). The van der Waals surface area contributed by atoms with Gasteiger partial charge in [0.15, 0.2) is 11.6 Å². The molecule has 7 heteroatoms. The molecule has 0 amide bonds. The number of aromatic nitrogens is 4. The molecule has 0 saturated heterocycles. The Balaban J connectivity index is 1.63. The maximum Gasteiger partial charge on any atom is 0.488 e. The van der Waals surface area contributed by atoms with E-state index >= 15 is 0 Å². The summed E-state index contributed by atoms with van der Waals surface area (Å²) in [4.78, 5) is 14.5. The zero-order valence-corrected chi connectivity index (χ0v) is 18.1. The van der Waals surface area contributed by atoms with Gasteiger partial charge in [0.1, 0.15) is 0 Å². The molecule has 0 spiro atoms. The first-order valence-corrected chi connectivity index (χ1v) is 11.0. The summed E-state index contributed by atoms with van der Waals surface area (Å²) in [7, 11) is -1.53. The third-order valence-corrected chi connectivity index (χ3v) is 5.90. The topological polar surface area (TPSA) is 84.1 Å². The van der Waals surface area contributed by atoms with Crippen molar-refractivity contribution >= 4 is 34.4 Å². The highest BCUT2D eigenvalue weighted by atomic mass is 16.4. The lowest BCUT2D eigenvalue weighted by atomic mass is 9.80. The highest BCUT2D eigenvalue weighted by molar-refractivity contribution is 6.58. The molecule has 6 aromatic rings. The molecule has 0 atom stereocenters. The Labute approximate surface area is 196 Å². The molecule has 0 aliphatic carbocycles. The molecule has 0 bridgehead atoms. The van der Waals surface area contributed by atoms with Crippen LogP contribution in [-0.2, 0) is 0 Å². The van der Waals surface area contributed by atoms with E-state index in [1.54, 1.807) is 24.3 Å². The number of para-hydroxylation sites is 2. The van der Waals surface area contributed by atoms with Crippen molar-refractivity contribution in [1.82, 2.24) is 19.5 Å². The van der Waals surface area contributed by atoms with Crippen molar-refractivity contribution < 1.29 is 10.0 Å². The van der Waals surface area contributed by atoms with E-state index in [2.05, 4.69) is 28.8 Å². The Morgan fingerprint density at radius 2 is 1.03 bits per heavy atom. The maximum absolute atomic E-state index is 9.46. The number of benzene rings is 4. The van der Waals surface area contributed by atoms with Gasteiger partial charge >= 0.3 is 7.12 Å². The minimum absolute atomic E-state index is 0.406. The number of nitrogens with zero attached hydrogens (tertiary/aromatic N) is 4. The normalized spacial score (nSPS) is 11.2. The quantitative estimate of drug-likeness (QED) is 0.404. The third-order valence-electron chi connectivity index (χ3n) is 5.90. The van der Waals surface area contributed by atoms with E-state index in [-0.39, 0.29) is 0 Å². The van der Waals surface area contributed by atoms with Crippen LogP contribution in [0.4, 0.5) is 0 Å². The average molecular weight is 442 g/mol. The Kier molecular flexibility index (Phi) is 4.91. The first kappa shape index (κ1) is 20.3. The standard InChI is InChI=1S/C27H19BN4O2/c33-28(34)20-16-14-19(15-17-20)26-29-25(18-8-2-1-3-9-18)30-27(31-26)32-23-12-6-4-10-21(23)22-11-5-7-13-24(22)32/h1-17,33-34H. The second-order valence-corrected chi connectivity index (χ2v) is 8.01. The summed E-state index contributed by atoms with van der Waals surface area (Å²) in [6, 6.07) is 33.1. The molecule has 0 aliphatic heterocycles. The van der Waals surface area contributed by atoms with Crippen LogP contribution in [0.25, 0.3) is 50.5 Å². The van der Waals surface area contributed by atoms with E-state index in [0.717, 1.165) is 32.9 Å². The van der Waals surface area contributed by atoms with Gasteiger partial charge in [0.2, 0.25) is 5.95 Å². The van der Waals surface area contributed by atoms with Crippen LogP contribution < -0.4 is 5.46 Å². The first-order chi connectivity index (χ1) is 16.7. The van der Waals surface area contributed by atoms with E-state index in [9.17, 15) is 10.0 Å². The van der Waals surface area contributed by atoms with Gasteiger partial charge in [-0.2, -0.15) is 9.97 Å². The zero-order chi connectivity index (χ0) is 23.1. The Morgan fingerprint density at radius 3 is 1.59 bits per heavy atom. The molecule has 0 unspecified atom stereocenters. The van der Waals surface area contributed by atoms with Crippen molar-refractivity contribution in [1.29, 1.82) is 0 Å². The molecule has 6 nitrogen and oxygen atoms in total. The molecule has 34 heavy (non-hydrogen) atoms. The second kappa shape index (κ2) is 8.22. The van der Waals surface area contributed by atoms with E-state index in [1.807, 2.05) is 54.6 Å². The van der Waals surface area contributed by atoms with Crippen LogP contribution in [0.5, 0.6) is 0 Å². The SMILES string of the molecule is OB(O)c1ccc(-c2nc(-c3ccccc3)nc(-n3c4ccccc4c4ccccc43)n2)cc1. The van der Waals surface area contributed by atoms with E-state index in [4.69, 9.17) is 15.0 Å².